The minimum Gasteiger partial charge on any atom is -0.475 e. The fraction of sp³-hybridized carbons (Fsp3) is 0.455. The van der Waals surface area contributed by atoms with Crippen LogP contribution >= 0.6 is 0 Å². The molecule has 0 atom stereocenters. The van der Waals surface area contributed by atoms with Gasteiger partial charge in [0.05, 0.1) is 24.4 Å². The zero-order chi connectivity index (χ0) is 42.5. The number of nitrogens with one attached hydrogen (secondary N) is 1. The fourth-order valence-corrected chi connectivity index (χ4v) is 6.05. The van der Waals surface area contributed by atoms with Crippen molar-refractivity contribution in [1.82, 2.24) is 39.5 Å². The molecule has 5 heterocycles. The number of rotatable bonds is 7. The number of aromatic amines is 1. The van der Waals surface area contributed by atoms with Crippen LogP contribution in [0.3, 0.4) is 0 Å². The van der Waals surface area contributed by atoms with Crippen LogP contribution < -0.4 is 4.74 Å². The standard InChI is InChI=1S/C29H30F3N9O2.2C2HF3O2/c1-39(2)27(42)18-11-23(29(30,31)32)38-24(12-18)43-21-5-3-20(4-6-21)40-15-28(16-40,8-9-33)41-14-19(13-37-41)25-22-7-10-34-26(22)36-17-35-25;2*3-2(4,5)1(6)7/h7,10-14,17,20-21H,3-6,8,15-16H2,1-2H3,(H,34,35,36);2*(H,6,7). The molecule has 24 heteroatoms. The topological polar surface area (TPSA) is 203 Å². The van der Waals surface area contributed by atoms with E-state index >= 15 is 0 Å². The Hall–Kier alpha value is -5.99. The molecular formula is C33H32F9N9O6. The summed E-state index contributed by atoms with van der Waals surface area (Å²) in [5.74, 6) is -6.27. The Morgan fingerprint density at radius 1 is 0.982 bits per heavy atom. The van der Waals surface area contributed by atoms with Gasteiger partial charge in [-0.25, -0.2) is 24.5 Å². The van der Waals surface area contributed by atoms with Gasteiger partial charge in [0.25, 0.3) is 5.91 Å². The first-order valence-electron chi connectivity index (χ1n) is 16.5. The first-order chi connectivity index (χ1) is 26.4. The van der Waals surface area contributed by atoms with Gasteiger partial charge in [-0.2, -0.15) is 49.9 Å². The Labute approximate surface area is 315 Å². The van der Waals surface area contributed by atoms with Crippen molar-refractivity contribution >= 4 is 28.9 Å². The maximum absolute atomic E-state index is 13.5. The van der Waals surface area contributed by atoms with Gasteiger partial charge >= 0.3 is 30.5 Å². The van der Waals surface area contributed by atoms with Crippen molar-refractivity contribution in [2.24, 2.45) is 0 Å². The number of carbonyl (C=O) groups is 3. The Morgan fingerprint density at radius 3 is 2.11 bits per heavy atom. The molecule has 2 fully saturated rings. The normalized spacial score (nSPS) is 18.1. The summed E-state index contributed by atoms with van der Waals surface area (Å²) in [5, 5.41) is 29.4. The first kappa shape index (κ1) is 43.7. The Morgan fingerprint density at radius 2 is 1.58 bits per heavy atom. The van der Waals surface area contributed by atoms with Crippen LogP contribution in [-0.2, 0) is 21.3 Å². The van der Waals surface area contributed by atoms with E-state index in [4.69, 9.17) is 24.5 Å². The second kappa shape index (κ2) is 17.0. The van der Waals surface area contributed by atoms with Gasteiger partial charge in [-0.1, -0.05) is 0 Å². The number of amides is 1. The predicted octanol–water partition coefficient (Wildman–Crippen LogP) is 5.52. The molecule has 0 aromatic carbocycles. The van der Waals surface area contributed by atoms with Crippen molar-refractivity contribution in [3.8, 4) is 23.2 Å². The summed E-state index contributed by atoms with van der Waals surface area (Å²) in [6.45, 7) is 1.32. The Balaban J connectivity index is 0.000000440. The van der Waals surface area contributed by atoms with Crippen molar-refractivity contribution in [1.29, 1.82) is 5.26 Å². The minimum atomic E-state index is -5.08. The number of H-pyrrole nitrogens is 1. The smallest absolute Gasteiger partial charge is 0.475 e. The Kier molecular flexibility index (Phi) is 13.1. The molecule has 2 aliphatic rings. The molecule has 3 N–H and O–H groups in total. The number of alkyl halides is 9. The molecular weight excluding hydrogens is 789 g/mol. The monoisotopic (exact) mass is 821 g/mol. The number of aromatic nitrogens is 6. The highest BCUT2D eigenvalue weighted by atomic mass is 19.4. The zero-order valence-corrected chi connectivity index (χ0v) is 29.7. The summed E-state index contributed by atoms with van der Waals surface area (Å²) >= 11 is 0. The lowest BCUT2D eigenvalue weighted by atomic mass is 9.82. The summed E-state index contributed by atoms with van der Waals surface area (Å²) in [7, 11) is 2.95. The van der Waals surface area contributed by atoms with Crippen molar-refractivity contribution in [3.63, 3.8) is 0 Å². The number of carboxylic acid groups (broad SMARTS) is 2. The van der Waals surface area contributed by atoms with Crippen LogP contribution in [0.1, 0.15) is 48.2 Å². The van der Waals surface area contributed by atoms with Gasteiger partial charge in [0.15, 0.2) is 0 Å². The van der Waals surface area contributed by atoms with E-state index in [1.54, 1.807) is 6.20 Å². The van der Waals surface area contributed by atoms with Crippen molar-refractivity contribution in [2.45, 2.75) is 68.3 Å². The lowest BCUT2D eigenvalue weighted by Crippen LogP contribution is -2.65. The quantitative estimate of drug-likeness (QED) is 0.197. The summed E-state index contributed by atoms with van der Waals surface area (Å²) in [6, 6.07) is 6.52. The van der Waals surface area contributed by atoms with E-state index in [-0.39, 0.29) is 23.6 Å². The molecule has 1 amide bonds. The largest absolute Gasteiger partial charge is 0.490 e. The van der Waals surface area contributed by atoms with Gasteiger partial charge in [-0.15, -0.1) is 0 Å². The summed E-state index contributed by atoms with van der Waals surface area (Å²) in [6.07, 6.45) is -5.03. The number of aliphatic carboxylic acids is 2. The van der Waals surface area contributed by atoms with Crippen LogP contribution in [-0.4, -0.2) is 119 Å². The van der Waals surface area contributed by atoms with Crippen LogP contribution in [0.2, 0.25) is 0 Å². The Bertz CT molecular complexity index is 2070. The van der Waals surface area contributed by atoms with Crippen LogP contribution in [0.4, 0.5) is 39.5 Å². The average Bonchev–Trinajstić information content (AvgIpc) is 3.80. The number of hydrogen-bond donors (Lipinski definition) is 3. The van der Waals surface area contributed by atoms with Crippen LogP contribution in [0.5, 0.6) is 5.88 Å². The van der Waals surface area contributed by atoms with E-state index in [1.807, 2.05) is 23.1 Å². The first-order valence-corrected chi connectivity index (χ1v) is 16.5. The van der Waals surface area contributed by atoms with E-state index in [9.17, 15) is 49.6 Å². The van der Waals surface area contributed by atoms with E-state index < -0.39 is 47.6 Å². The lowest BCUT2D eigenvalue weighted by molar-refractivity contribution is -0.193. The van der Waals surface area contributed by atoms with Gasteiger partial charge in [0.2, 0.25) is 5.88 Å². The maximum atomic E-state index is 13.5. The van der Waals surface area contributed by atoms with Gasteiger partial charge in [-0.05, 0) is 37.8 Å². The maximum Gasteiger partial charge on any atom is 0.490 e. The molecule has 0 unspecified atom stereocenters. The third kappa shape index (κ3) is 10.9. The van der Waals surface area contributed by atoms with E-state index in [1.165, 1.54) is 31.4 Å². The zero-order valence-electron chi connectivity index (χ0n) is 29.7. The van der Waals surface area contributed by atoms with Crippen LogP contribution in [0, 0.1) is 11.3 Å². The molecule has 1 saturated carbocycles. The molecule has 308 valence electrons. The number of nitriles is 1. The number of pyridine rings is 1. The summed E-state index contributed by atoms with van der Waals surface area (Å²) < 4.78 is 112. The predicted molar refractivity (Wildman–Crippen MR) is 176 cm³/mol. The minimum absolute atomic E-state index is 0.121. The molecule has 1 aliphatic carbocycles. The molecule has 4 aromatic heterocycles. The highest BCUT2D eigenvalue weighted by molar-refractivity contribution is 5.94. The molecule has 15 nitrogen and oxygen atoms in total. The van der Waals surface area contributed by atoms with Crippen LogP contribution in [0.25, 0.3) is 22.3 Å². The number of halogens is 9. The number of carboxylic acids is 2. The van der Waals surface area contributed by atoms with Crippen LogP contribution in [0.15, 0.2) is 43.1 Å². The van der Waals surface area contributed by atoms with Gasteiger partial charge in [-0.3, -0.25) is 14.4 Å². The summed E-state index contributed by atoms with van der Waals surface area (Å²) in [4.78, 5) is 49.1. The number of nitrogens with zero attached hydrogens (tertiary/aromatic N) is 8. The number of ether oxygens (including phenoxy) is 1. The molecule has 1 aliphatic heterocycles. The second-order valence-corrected chi connectivity index (χ2v) is 13.0. The van der Waals surface area contributed by atoms with Gasteiger partial charge in [0, 0.05) is 68.2 Å². The second-order valence-electron chi connectivity index (χ2n) is 13.0. The van der Waals surface area contributed by atoms with Gasteiger partial charge < -0.3 is 24.8 Å². The lowest BCUT2D eigenvalue weighted by Gasteiger charge is -2.53. The number of likely N-dealkylation sites (tertiary alicyclic amines) is 1. The highest BCUT2D eigenvalue weighted by Gasteiger charge is 2.48. The van der Waals surface area contributed by atoms with E-state index in [0.717, 1.165) is 41.2 Å². The molecule has 4 aromatic rings. The SMILES string of the molecule is CN(C)C(=O)c1cc(OC2CCC(N3CC(CC#N)(n4cc(-c5ncnc6[nH]ccc56)cn4)C3)CC2)nc(C(F)(F)F)c1.O=C(O)C(F)(F)F.O=C(O)C(F)(F)F. The number of carbonyl (C=O) groups excluding carboxylic acids is 1. The van der Waals surface area contributed by atoms with E-state index in [2.05, 4.69) is 36.0 Å². The fourth-order valence-electron chi connectivity index (χ4n) is 6.05. The van der Waals surface area contributed by atoms with Crippen molar-refractivity contribution in [3.05, 3.63) is 54.4 Å². The van der Waals surface area contributed by atoms with Gasteiger partial charge in [0.1, 0.15) is 29.3 Å². The highest BCUT2D eigenvalue weighted by Crippen LogP contribution is 2.39. The third-order valence-corrected chi connectivity index (χ3v) is 8.78. The van der Waals surface area contributed by atoms with Crippen molar-refractivity contribution < 1.29 is 68.8 Å². The molecule has 0 radical (unpaired) electrons. The number of hydrogen-bond acceptors (Lipinski definition) is 10. The molecule has 0 bridgehead atoms. The van der Waals surface area contributed by atoms with E-state index in [0.29, 0.717) is 32.4 Å². The molecule has 6 rings (SSSR count). The molecule has 0 spiro atoms. The molecule has 1 saturated heterocycles. The average molecular weight is 822 g/mol. The summed E-state index contributed by atoms with van der Waals surface area (Å²) in [5.41, 5.74) is 0.626. The number of fused-ring (bicyclic) bond motifs is 1. The van der Waals surface area contributed by atoms with Crippen molar-refractivity contribution in [2.75, 3.05) is 27.2 Å². The molecule has 57 heavy (non-hydrogen) atoms. The third-order valence-electron chi connectivity index (χ3n) is 8.78.